The van der Waals surface area contributed by atoms with Crippen LogP contribution < -0.4 is 4.74 Å². The second-order valence-corrected chi connectivity index (χ2v) is 7.13. The van der Waals surface area contributed by atoms with Crippen LogP contribution in [0.25, 0.3) is 0 Å². The molecule has 0 saturated carbocycles. The van der Waals surface area contributed by atoms with Gasteiger partial charge in [-0.3, -0.25) is 4.98 Å². The molecule has 0 aliphatic rings. The fourth-order valence-electron chi connectivity index (χ4n) is 0.914. The molecule has 0 radical (unpaired) electrons. The summed E-state index contributed by atoms with van der Waals surface area (Å²) in [6.45, 7) is 5.62. The summed E-state index contributed by atoms with van der Waals surface area (Å²) in [6, 6.07) is 1.77. The Hall–Kier alpha value is -0.750. The van der Waals surface area contributed by atoms with Crippen molar-refractivity contribution >= 4 is 33.1 Å². The first-order valence-corrected chi connectivity index (χ1v) is 6.90. The minimum Gasteiger partial charge on any atom is -0.494 e. The Balaban J connectivity index is 2.86. The van der Waals surface area contributed by atoms with Gasteiger partial charge in [-0.2, -0.15) is 4.40 Å². The summed E-state index contributed by atoms with van der Waals surface area (Å²) in [5, 5.41) is 0. The Labute approximate surface area is 112 Å². The highest BCUT2D eigenvalue weighted by atomic mass is 79.9. The molecule has 0 aromatic carbocycles. The third-order valence-electron chi connectivity index (χ3n) is 1.87. The molecule has 4 nitrogen and oxygen atoms in total. The third kappa shape index (κ3) is 4.20. The van der Waals surface area contributed by atoms with E-state index in [2.05, 4.69) is 25.3 Å². The zero-order valence-corrected chi connectivity index (χ0v) is 12.6. The van der Waals surface area contributed by atoms with Crippen molar-refractivity contribution in [1.29, 1.82) is 0 Å². The van der Waals surface area contributed by atoms with E-state index < -0.39 is 11.0 Å². The molecule has 1 atom stereocenters. The molecule has 0 aliphatic carbocycles. The average molecular weight is 319 g/mol. The van der Waals surface area contributed by atoms with Crippen LogP contribution in [0.5, 0.6) is 5.75 Å². The smallest absolute Gasteiger partial charge is 0.151 e. The van der Waals surface area contributed by atoms with Crippen molar-refractivity contribution < 1.29 is 8.95 Å². The van der Waals surface area contributed by atoms with E-state index in [9.17, 15) is 4.21 Å². The highest BCUT2D eigenvalue weighted by molar-refractivity contribution is 9.10. The number of methoxy groups -OCH3 is 1. The van der Waals surface area contributed by atoms with Gasteiger partial charge in [0.25, 0.3) is 0 Å². The summed E-state index contributed by atoms with van der Waals surface area (Å²) in [5.74, 6) is 0.652. The monoisotopic (exact) mass is 318 g/mol. The number of hydrogen-bond donors (Lipinski definition) is 0. The number of aromatic nitrogens is 1. The molecule has 17 heavy (non-hydrogen) atoms. The summed E-state index contributed by atoms with van der Waals surface area (Å²) in [5.41, 5.74) is 0.635. The maximum atomic E-state index is 11.7. The van der Waals surface area contributed by atoms with Crippen LogP contribution in [-0.4, -0.2) is 27.3 Å². The lowest BCUT2D eigenvalue weighted by Crippen LogP contribution is -2.19. The topological polar surface area (TPSA) is 51.6 Å². The van der Waals surface area contributed by atoms with Gasteiger partial charge in [-0.05, 0) is 42.8 Å². The van der Waals surface area contributed by atoms with Gasteiger partial charge in [0, 0.05) is 0 Å². The number of pyridine rings is 1. The van der Waals surface area contributed by atoms with Crippen LogP contribution in [0.15, 0.2) is 21.1 Å². The van der Waals surface area contributed by atoms with E-state index in [-0.39, 0.29) is 4.75 Å². The van der Waals surface area contributed by atoms with Crippen LogP contribution in [-0.2, 0) is 11.0 Å². The van der Waals surface area contributed by atoms with E-state index in [1.165, 1.54) is 6.21 Å². The van der Waals surface area contributed by atoms with E-state index in [1.807, 2.05) is 20.8 Å². The van der Waals surface area contributed by atoms with E-state index in [1.54, 1.807) is 19.4 Å². The summed E-state index contributed by atoms with van der Waals surface area (Å²) < 4.78 is 21.2. The van der Waals surface area contributed by atoms with Crippen LogP contribution in [0.4, 0.5) is 0 Å². The zero-order valence-electron chi connectivity index (χ0n) is 10.2. The van der Waals surface area contributed by atoms with Gasteiger partial charge < -0.3 is 4.74 Å². The van der Waals surface area contributed by atoms with E-state index >= 15 is 0 Å². The average Bonchev–Trinajstić information content (AvgIpc) is 2.24. The Kier molecular flexibility index (Phi) is 4.82. The molecule has 0 amide bonds. The van der Waals surface area contributed by atoms with Crippen LogP contribution in [0.3, 0.4) is 0 Å². The van der Waals surface area contributed by atoms with Crippen molar-refractivity contribution in [1.82, 2.24) is 4.98 Å². The molecular formula is C11H15BrN2O2S. The van der Waals surface area contributed by atoms with Crippen LogP contribution in [0.1, 0.15) is 26.5 Å². The molecule has 0 unspecified atom stereocenters. The second-order valence-electron chi connectivity index (χ2n) is 4.34. The third-order valence-corrected chi connectivity index (χ3v) is 3.83. The largest absolute Gasteiger partial charge is 0.494 e. The molecule has 0 fully saturated rings. The lowest BCUT2D eigenvalue weighted by Gasteiger charge is -2.12. The molecule has 1 heterocycles. The first-order valence-electron chi connectivity index (χ1n) is 5.00. The van der Waals surface area contributed by atoms with Crippen molar-refractivity contribution in [3.63, 3.8) is 0 Å². The predicted molar refractivity (Wildman–Crippen MR) is 74.0 cm³/mol. The highest BCUT2D eigenvalue weighted by Gasteiger charge is 2.18. The van der Waals surface area contributed by atoms with Gasteiger partial charge in [0.1, 0.15) is 11.0 Å². The molecule has 1 rings (SSSR count). The number of halogens is 1. The standard InChI is InChI=1S/C11H15BrN2O2S/c1-11(2,3)17(15)14-6-8-5-9(12)10(16-4)7-13-8/h5-7H,1-4H3/t17-/m1/s1. The second kappa shape index (κ2) is 5.73. The van der Waals surface area contributed by atoms with E-state index in [0.717, 1.165) is 4.47 Å². The Morgan fingerprint density at radius 2 is 2.18 bits per heavy atom. The zero-order chi connectivity index (χ0) is 13.1. The number of hydrogen-bond acceptors (Lipinski definition) is 3. The van der Waals surface area contributed by atoms with Gasteiger partial charge in [-0.25, -0.2) is 4.21 Å². The fourth-order valence-corrected chi connectivity index (χ4v) is 1.93. The quantitative estimate of drug-likeness (QED) is 0.805. The normalized spacial score (nSPS) is 13.9. The molecule has 1 aromatic rings. The van der Waals surface area contributed by atoms with E-state index in [0.29, 0.717) is 11.4 Å². The van der Waals surface area contributed by atoms with Crippen molar-refractivity contribution in [3.8, 4) is 5.75 Å². The van der Waals surface area contributed by atoms with Gasteiger partial charge in [-0.15, -0.1) is 0 Å². The molecular weight excluding hydrogens is 304 g/mol. The molecule has 1 aromatic heterocycles. The van der Waals surface area contributed by atoms with Gasteiger partial charge in [0.2, 0.25) is 0 Å². The van der Waals surface area contributed by atoms with Crippen LogP contribution >= 0.6 is 15.9 Å². The first-order chi connectivity index (χ1) is 7.84. The number of rotatable bonds is 3. The maximum Gasteiger partial charge on any atom is 0.151 e. The van der Waals surface area contributed by atoms with Crippen molar-refractivity contribution in [2.45, 2.75) is 25.5 Å². The predicted octanol–water partition coefficient (Wildman–Crippen LogP) is 2.73. The Morgan fingerprint density at radius 1 is 1.53 bits per heavy atom. The van der Waals surface area contributed by atoms with Gasteiger partial charge in [0.15, 0.2) is 5.75 Å². The SMILES string of the molecule is COc1cnc(C=N[S@](=O)C(C)(C)C)cc1Br. The van der Waals surface area contributed by atoms with Crippen molar-refractivity contribution in [2.75, 3.05) is 7.11 Å². The lowest BCUT2D eigenvalue weighted by molar-refractivity contribution is 0.410. The highest BCUT2D eigenvalue weighted by Crippen LogP contribution is 2.23. The summed E-state index contributed by atoms with van der Waals surface area (Å²) in [7, 11) is 0.305. The summed E-state index contributed by atoms with van der Waals surface area (Å²) >= 11 is 3.35. The molecule has 0 bridgehead atoms. The summed E-state index contributed by atoms with van der Waals surface area (Å²) in [6.07, 6.45) is 3.09. The molecule has 94 valence electrons. The van der Waals surface area contributed by atoms with E-state index in [4.69, 9.17) is 4.74 Å². The number of ether oxygens (including phenoxy) is 1. The lowest BCUT2D eigenvalue weighted by atomic mass is 10.3. The van der Waals surface area contributed by atoms with Crippen LogP contribution in [0, 0.1) is 0 Å². The minimum atomic E-state index is -1.27. The maximum absolute atomic E-state index is 11.7. The van der Waals surface area contributed by atoms with Gasteiger partial charge >= 0.3 is 0 Å². The van der Waals surface area contributed by atoms with Gasteiger partial charge in [0.05, 0.1) is 34.4 Å². The molecule has 0 N–H and O–H groups in total. The van der Waals surface area contributed by atoms with Gasteiger partial charge in [-0.1, -0.05) is 0 Å². The molecule has 0 spiro atoms. The fraction of sp³-hybridized carbons (Fsp3) is 0.455. The summed E-state index contributed by atoms with van der Waals surface area (Å²) in [4.78, 5) is 4.13. The van der Waals surface area contributed by atoms with Crippen LogP contribution in [0.2, 0.25) is 0 Å². The minimum absolute atomic E-state index is 0.361. The first kappa shape index (κ1) is 14.3. The molecule has 6 heteroatoms. The molecule has 0 saturated heterocycles. The van der Waals surface area contributed by atoms with Crippen molar-refractivity contribution in [2.24, 2.45) is 4.40 Å². The Bertz CT molecular complexity index is 455. The van der Waals surface area contributed by atoms with Crippen molar-refractivity contribution in [3.05, 3.63) is 22.4 Å². The number of nitrogens with zero attached hydrogens (tertiary/aromatic N) is 2. The molecule has 0 aliphatic heterocycles. The Morgan fingerprint density at radius 3 is 2.65 bits per heavy atom.